The lowest BCUT2D eigenvalue weighted by Crippen LogP contribution is -2.09. The van der Waals surface area contributed by atoms with Gasteiger partial charge in [0.15, 0.2) is 0 Å². The molecule has 0 bridgehead atoms. The lowest BCUT2D eigenvalue weighted by atomic mass is 9.99. The fourth-order valence-electron chi connectivity index (χ4n) is 4.14. The third-order valence-corrected chi connectivity index (χ3v) is 5.91. The first-order valence-electron chi connectivity index (χ1n) is 11.6. The highest BCUT2D eigenvalue weighted by atomic mass is 15.1. The molecule has 0 radical (unpaired) electrons. The van der Waals surface area contributed by atoms with Crippen molar-refractivity contribution in [3.63, 3.8) is 0 Å². The zero-order valence-corrected chi connectivity index (χ0v) is 19.3. The van der Waals surface area contributed by atoms with E-state index in [9.17, 15) is 5.26 Å². The van der Waals surface area contributed by atoms with Crippen molar-refractivity contribution in [2.45, 2.75) is 0 Å². The predicted molar refractivity (Wildman–Crippen MR) is 146 cm³/mol. The van der Waals surface area contributed by atoms with Crippen LogP contribution in [0.5, 0.6) is 0 Å². The van der Waals surface area contributed by atoms with Crippen molar-refractivity contribution >= 4 is 28.7 Å². The van der Waals surface area contributed by atoms with Gasteiger partial charge in [-0.25, -0.2) is 0 Å². The number of anilines is 3. The maximum Gasteiger partial charge on any atom is 0.0998 e. The van der Waals surface area contributed by atoms with Crippen molar-refractivity contribution in [2.75, 3.05) is 4.90 Å². The minimum Gasteiger partial charge on any atom is -0.311 e. The van der Waals surface area contributed by atoms with Crippen molar-refractivity contribution in [1.29, 1.82) is 5.26 Å². The van der Waals surface area contributed by atoms with Gasteiger partial charge in [0, 0.05) is 17.1 Å². The fraction of sp³-hybridized carbons (Fsp3) is 0. The third-order valence-electron chi connectivity index (χ3n) is 5.91. The fourth-order valence-corrected chi connectivity index (χ4v) is 4.14. The van der Waals surface area contributed by atoms with E-state index in [4.69, 9.17) is 0 Å². The number of nitriles is 1. The number of benzene rings is 5. The molecule has 0 atom stereocenters. The van der Waals surface area contributed by atoms with E-state index in [1.54, 1.807) is 0 Å². The van der Waals surface area contributed by atoms with Crippen molar-refractivity contribution in [2.24, 2.45) is 0 Å². The number of rotatable bonds is 6. The number of hydrogen-bond acceptors (Lipinski definition) is 2. The molecule has 0 saturated heterocycles. The highest BCUT2D eigenvalue weighted by molar-refractivity contribution is 5.90. The normalized spacial score (nSPS) is 11.0. The van der Waals surface area contributed by atoms with E-state index in [0.29, 0.717) is 5.57 Å². The minimum atomic E-state index is 0.639. The molecule has 35 heavy (non-hydrogen) atoms. The summed E-state index contributed by atoms with van der Waals surface area (Å²) in [6.07, 6.45) is 1.94. The Morgan fingerprint density at radius 3 is 1.49 bits per heavy atom. The Kier molecular flexibility index (Phi) is 6.51. The van der Waals surface area contributed by atoms with Crippen LogP contribution in [-0.4, -0.2) is 0 Å². The monoisotopic (exact) mass is 448 g/mol. The van der Waals surface area contributed by atoms with Crippen LogP contribution in [0.3, 0.4) is 0 Å². The Bertz CT molecular complexity index is 1410. The van der Waals surface area contributed by atoms with Crippen LogP contribution in [0, 0.1) is 11.3 Å². The molecule has 5 aromatic rings. The molecule has 0 aromatic heterocycles. The number of hydrogen-bond donors (Lipinski definition) is 0. The summed E-state index contributed by atoms with van der Waals surface area (Å²) in [6, 6.07) is 49.7. The SMILES string of the molecule is N#C/C(=C\c1ccc(N(c2ccccc2)c2ccccc2)cc1)c1ccc(-c2ccccc2)cc1. The molecule has 2 nitrogen and oxygen atoms in total. The van der Waals surface area contributed by atoms with Crippen LogP contribution in [0.1, 0.15) is 11.1 Å². The van der Waals surface area contributed by atoms with E-state index in [-0.39, 0.29) is 0 Å². The summed E-state index contributed by atoms with van der Waals surface area (Å²) in [6.45, 7) is 0. The van der Waals surface area contributed by atoms with Gasteiger partial charge in [0.25, 0.3) is 0 Å². The van der Waals surface area contributed by atoms with Gasteiger partial charge in [0.2, 0.25) is 0 Å². The van der Waals surface area contributed by atoms with Crippen LogP contribution < -0.4 is 4.90 Å². The molecular weight excluding hydrogens is 424 g/mol. The van der Waals surface area contributed by atoms with Crippen LogP contribution in [0.4, 0.5) is 17.1 Å². The molecule has 0 saturated carbocycles. The van der Waals surface area contributed by atoms with Crippen LogP contribution >= 0.6 is 0 Å². The molecule has 0 aliphatic heterocycles. The van der Waals surface area contributed by atoms with Gasteiger partial charge in [-0.1, -0.05) is 103 Å². The number of nitrogens with zero attached hydrogens (tertiary/aromatic N) is 2. The molecule has 0 spiro atoms. The van der Waals surface area contributed by atoms with Crippen molar-refractivity contribution < 1.29 is 0 Å². The first kappa shape index (κ1) is 21.9. The van der Waals surface area contributed by atoms with Crippen molar-refractivity contribution in [3.8, 4) is 17.2 Å². The van der Waals surface area contributed by atoms with Gasteiger partial charge in [-0.15, -0.1) is 0 Å². The van der Waals surface area contributed by atoms with Crippen molar-refractivity contribution in [3.05, 3.63) is 151 Å². The summed E-state index contributed by atoms with van der Waals surface area (Å²) in [5, 5.41) is 9.84. The van der Waals surface area contributed by atoms with Gasteiger partial charge in [-0.05, 0) is 64.7 Å². The molecular formula is C33H24N2. The summed E-state index contributed by atoms with van der Waals surface area (Å²) >= 11 is 0. The molecule has 0 aliphatic rings. The highest BCUT2D eigenvalue weighted by Crippen LogP contribution is 2.34. The summed E-state index contributed by atoms with van der Waals surface area (Å²) in [7, 11) is 0. The Hall–Kier alpha value is -4.87. The van der Waals surface area contributed by atoms with E-state index in [1.807, 2.05) is 72.8 Å². The molecule has 0 aliphatic carbocycles. The van der Waals surface area contributed by atoms with E-state index in [2.05, 4.69) is 83.8 Å². The predicted octanol–water partition coefficient (Wildman–Crippen LogP) is 8.89. The first-order chi connectivity index (χ1) is 17.3. The molecule has 0 unspecified atom stereocenters. The van der Waals surface area contributed by atoms with Gasteiger partial charge >= 0.3 is 0 Å². The number of para-hydroxylation sites is 2. The van der Waals surface area contributed by atoms with E-state index < -0.39 is 0 Å². The second kappa shape index (κ2) is 10.4. The molecule has 5 rings (SSSR count). The quantitative estimate of drug-likeness (QED) is 0.191. The summed E-state index contributed by atoms with van der Waals surface area (Å²) in [4.78, 5) is 2.22. The highest BCUT2D eigenvalue weighted by Gasteiger charge is 2.11. The zero-order valence-electron chi connectivity index (χ0n) is 19.3. The topological polar surface area (TPSA) is 27.0 Å². The summed E-state index contributed by atoms with van der Waals surface area (Å²) < 4.78 is 0. The van der Waals surface area contributed by atoms with Crippen molar-refractivity contribution in [1.82, 2.24) is 0 Å². The number of allylic oxidation sites excluding steroid dienone is 1. The molecule has 0 N–H and O–H groups in total. The standard InChI is InChI=1S/C33H24N2/c34-25-30(29-20-18-28(19-21-29)27-10-4-1-5-11-27)24-26-16-22-33(23-17-26)35(31-12-6-2-7-13-31)32-14-8-3-9-15-32/h1-24H/b30-24+. The third kappa shape index (κ3) is 5.05. The van der Waals surface area contributed by atoms with Gasteiger partial charge in [-0.3, -0.25) is 0 Å². The molecule has 2 heteroatoms. The smallest absolute Gasteiger partial charge is 0.0998 e. The van der Waals surface area contributed by atoms with Gasteiger partial charge in [-0.2, -0.15) is 5.26 Å². The second-order valence-electron chi connectivity index (χ2n) is 8.21. The van der Waals surface area contributed by atoms with Gasteiger partial charge in [0.1, 0.15) is 0 Å². The summed E-state index contributed by atoms with van der Waals surface area (Å²) in [5.41, 5.74) is 8.09. The molecule has 0 fully saturated rings. The Morgan fingerprint density at radius 1 is 0.514 bits per heavy atom. The van der Waals surface area contributed by atoms with Crippen LogP contribution in [0.15, 0.2) is 140 Å². The van der Waals surface area contributed by atoms with Gasteiger partial charge in [0.05, 0.1) is 11.6 Å². The average Bonchev–Trinajstić information content (AvgIpc) is 2.94. The minimum absolute atomic E-state index is 0.639. The molecule has 166 valence electrons. The van der Waals surface area contributed by atoms with Crippen LogP contribution in [0.2, 0.25) is 0 Å². The summed E-state index contributed by atoms with van der Waals surface area (Å²) in [5.74, 6) is 0. The van der Waals surface area contributed by atoms with Crippen LogP contribution in [-0.2, 0) is 0 Å². The molecule has 0 heterocycles. The Balaban J connectivity index is 1.43. The average molecular weight is 449 g/mol. The second-order valence-corrected chi connectivity index (χ2v) is 8.21. The Labute approximate surface area is 206 Å². The largest absolute Gasteiger partial charge is 0.311 e. The Morgan fingerprint density at radius 2 is 0.971 bits per heavy atom. The van der Waals surface area contributed by atoms with E-state index in [0.717, 1.165) is 33.8 Å². The first-order valence-corrected chi connectivity index (χ1v) is 11.6. The lowest BCUT2D eigenvalue weighted by Gasteiger charge is -2.25. The van der Waals surface area contributed by atoms with Gasteiger partial charge < -0.3 is 4.90 Å². The van der Waals surface area contributed by atoms with E-state index in [1.165, 1.54) is 5.56 Å². The maximum absolute atomic E-state index is 9.84. The molecule has 5 aromatic carbocycles. The van der Waals surface area contributed by atoms with Crippen LogP contribution in [0.25, 0.3) is 22.8 Å². The lowest BCUT2D eigenvalue weighted by molar-refractivity contribution is 1.28. The van der Waals surface area contributed by atoms with E-state index >= 15 is 0 Å². The maximum atomic E-state index is 9.84. The zero-order chi connectivity index (χ0) is 23.9. The molecule has 0 amide bonds.